The lowest BCUT2D eigenvalue weighted by Crippen LogP contribution is -2.34. The van der Waals surface area contributed by atoms with Gasteiger partial charge in [0.2, 0.25) is 0 Å². The molecule has 0 fully saturated rings. The zero-order chi connectivity index (χ0) is 9.80. The Morgan fingerprint density at radius 1 is 1.07 bits per heavy atom. The molecule has 1 aromatic carbocycles. The Labute approximate surface area is 84.3 Å². The lowest BCUT2D eigenvalue weighted by atomic mass is 9.98. The standard InChI is InChI=1S/C12H15NO/c14-12-9-5-4-8-11(12)13-10-6-2-1-3-7-10/h1-7,11-14H,8-9H2/t11-,12-/m0/s1. The molecule has 0 unspecified atom stereocenters. The average Bonchev–Trinajstić information content (AvgIpc) is 2.23. The van der Waals surface area contributed by atoms with Gasteiger partial charge in [-0.05, 0) is 25.0 Å². The third kappa shape index (κ3) is 2.15. The fourth-order valence-electron chi connectivity index (χ4n) is 1.70. The fourth-order valence-corrected chi connectivity index (χ4v) is 1.70. The van der Waals surface area contributed by atoms with Gasteiger partial charge in [0.25, 0.3) is 0 Å². The number of para-hydroxylation sites is 1. The summed E-state index contributed by atoms with van der Waals surface area (Å²) in [6, 6.07) is 10.2. The summed E-state index contributed by atoms with van der Waals surface area (Å²) in [5, 5.41) is 13.0. The molecule has 0 bridgehead atoms. The number of anilines is 1. The topological polar surface area (TPSA) is 32.3 Å². The minimum atomic E-state index is -0.264. The van der Waals surface area contributed by atoms with Gasteiger partial charge in [0, 0.05) is 5.69 Å². The molecule has 2 nitrogen and oxygen atoms in total. The summed E-state index contributed by atoms with van der Waals surface area (Å²) in [4.78, 5) is 0. The van der Waals surface area contributed by atoms with E-state index in [-0.39, 0.29) is 12.1 Å². The Bertz CT molecular complexity index is 307. The molecule has 2 heteroatoms. The van der Waals surface area contributed by atoms with Crippen LogP contribution < -0.4 is 5.32 Å². The molecule has 14 heavy (non-hydrogen) atoms. The highest BCUT2D eigenvalue weighted by Gasteiger charge is 2.19. The van der Waals surface area contributed by atoms with E-state index < -0.39 is 0 Å². The fraction of sp³-hybridized carbons (Fsp3) is 0.333. The third-order valence-electron chi connectivity index (χ3n) is 2.52. The molecule has 0 saturated heterocycles. The van der Waals surface area contributed by atoms with Crippen LogP contribution in [0.25, 0.3) is 0 Å². The Balaban J connectivity index is 2.00. The Hall–Kier alpha value is -1.28. The predicted molar refractivity (Wildman–Crippen MR) is 58.2 cm³/mol. The summed E-state index contributed by atoms with van der Waals surface area (Å²) in [6.45, 7) is 0. The van der Waals surface area contributed by atoms with E-state index in [9.17, 15) is 5.11 Å². The van der Waals surface area contributed by atoms with Crippen molar-refractivity contribution < 1.29 is 5.11 Å². The van der Waals surface area contributed by atoms with Gasteiger partial charge in [-0.1, -0.05) is 30.4 Å². The summed E-state index contributed by atoms with van der Waals surface area (Å²) in [7, 11) is 0. The summed E-state index contributed by atoms with van der Waals surface area (Å²) in [5.41, 5.74) is 1.08. The van der Waals surface area contributed by atoms with Crippen LogP contribution in [0.4, 0.5) is 5.69 Å². The first-order chi connectivity index (χ1) is 6.86. The van der Waals surface area contributed by atoms with Gasteiger partial charge < -0.3 is 10.4 Å². The molecule has 0 saturated carbocycles. The maximum Gasteiger partial charge on any atom is 0.0778 e. The Kier molecular flexibility index (Phi) is 2.84. The molecule has 1 aliphatic rings. The normalized spacial score (nSPS) is 26.1. The van der Waals surface area contributed by atoms with Crippen LogP contribution >= 0.6 is 0 Å². The highest BCUT2D eigenvalue weighted by Crippen LogP contribution is 2.17. The largest absolute Gasteiger partial charge is 0.391 e. The van der Waals surface area contributed by atoms with Gasteiger partial charge in [-0.15, -0.1) is 0 Å². The number of aliphatic hydroxyl groups excluding tert-OH is 1. The number of nitrogens with one attached hydrogen (secondary N) is 1. The maximum absolute atomic E-state index is 9.72. The van der Waals surface area contributed by atoms with E-state index in [1.54, 1.807) is 0 Å². The molecule has 74 valence electrons. The van der Waals surface area contributed by atoms with E-state index in [2.05, 4.69) is 11.4 Å². The first-order valence-corrected chi connectivity index (χ1v) is 5.01. The summed E-state index contributed by atoms with van der Waals surface area (Å²) < 4.78 is 0. The van der Waals surface area contributed by atoms with E-state index in [0.29, 0.717) is 0 Å². The molecule has 0 radical (unpaired) electrons. The van der Waals surface area contributed by atoms with Crippen LogP contribution in [0.2, 0.25) is 0 Å². The van der Waals surface area contributed by atoms with Gasteiger partial charge in [0.1, 0.15) is 0 Å². The zero-order valence-electron chi connectivity index (χ0n) is 8.06. The number of hydrogen-bond acceptors (Lipinski definition) is 2. The van der Waals surface area contributed by atoms with Crippen LogP contribution in [-0.2, 0) is 0 Å². The van der Waals surface area contributed by atoms with Crippen LogP contribution in [0, 0.1) is 0 Å². The van der Waals surface area contributed by atoms with Gasteiger partial charge in [0.05, 0.1) is 12.1 Å². The molecule has 1 aliphatic carbocycles. The molecule has 0 aromatic heterocycles. The molecule has 0 heterocycles. The highest BCUT2D eigenvalue weighted by molar-refractivity contribution is 5.44. The first kappa shape index (κ1) is 9.28. The van der Waals surface area contributed by atoms with Crippen molar-refractivity contribution >= 4 is 5.69 Å². The minimum Gasteiger partial charge on any atom is -0.391 e. The maximum atomic E-state index is 9.72. The minimum absolute atomic E-state index is 0.155. The molecule has 2 rings (SSSR count). The van der Waals surface area contributed by atoms with Crippen LogP contribution in [0.5, 0.6) is 0 Å². The van der Waals surface area contributed by atoms with Crippen molar-refractivity contribution in [3.05, 3.63) is 42.5 Å². The predicted octanol–water partition coefficient (Wildman–Crippen LogP) is 2.18. The lowest BCUT2D eigenvalue weighted by Gasteiger charge is -2.26. The van der Waals surface area contributed by atoms with Crippen molar-refractivity contribution in [2.24, 2.45) is 0 Å². The van der Waals surface area contributed by atoms with Crippen LogP contribution in [0.3, 0.4) is 0 Å². The van der Waals surface area contributed by atoms with Crippen molar-refractivity contribution in [1.29, 1.82) is 0 Å². The lowest BCUT2D eigenvalue weighted by molar-refractivity contribution is 0.151. The van der Waals surface area contributed by atoms with Crippen molar-refractivity contribution in [2.75, 3.05) is 5.32 Å². The van der Waals surface area contributed by atoms with E-state index >= 15 is 0 Å². The van der Waals surface area contributed by atoms with E-state index in [1.807, 2.05) is 36.4 Å². The van der Waals surface area contributed by atoms with Gasteiger partial charge >= 0.3 is 0 Å². The van der Waals surface area contributed by atoms with Crippen LogP contribution in [0.15, 0.2) is 42.5 Å². The molecule has 0 aliphatic heterocycles. The molecule has 1 aromatic rings. The number of rotatable bonds is 2. The van der Waals surface area contributed by atoms with Gasteiger partial charge in [-0.3, -0.25) is 0 Å². The van der Waals surface area contributed by atoms with Crippen LogP contribution in [-0.4, -0.2) is 17.3 Å². The first-order valence-electron chi connectivity index (χ1n) is 5.01. The quantitative estimate of drug-likeness (QED) is 0.699. The third-order valence-corrected chi connectivity index (χ3v) is 2.52. The van der Waals surface area contributed by atoms with Gasteiger partial charge in [0.15, 0.2) is 0 Å². The number of hydrogen-bond donors (Lipinski definition) is 2. The second kappa shape index (κ2) is 4.29. The van der Waals surface area contributed by atoms with Crippen molar-refractivity contribution in [3.63, 3.8) is 0 Å². The molecule has 2 atom stereocenters. The van der Waals surface area contributed by atoms with Crippen molar-refractivity contribution in [1.82, 2.24) is 0 Å². The monoisotopic (exact) mass is 189 g/mol. The van der Waals surface area contributed by atoms with E-state index in [4.69, 9.17) is 0 Å². The molecule has 2 N–H and O–H groups in total. The summed E-state index contributed by atoms with van der Waals surface area (Å²) >= 11 is 0. The number of aliphatic hydroxyl groups is 1. The molecular formula is C12H15NO. The van der Waals surface area contributed by atoms with E-state index in [1.165, 1.54) is 0 Å². The summed E-state index contributed by atoms with van der Waals surface area (Å²) in [5.74, 6) is 0. The van der Waals surface area contributed by atoms with E-state index in [0.717, 1.165) is 18.5 Å². The number of benzene rings is 1. The van der Waals surface area contributed by atoms with Crippen molar-refractivity contribution in [3.8, 4) is 0 Å². The van der Waals surface area contributed by atoms with Crippen molar-refractivity contribution in [2.45, 2.75) is 25.0 Å². The molecule has 0 amide bonds. The van der Waals surface area contributed by atoms with Crippen LogP contribution in [0.1, 0.15) is 12.8 Å². The highest BCUT2D eigenvalue weighted by atomic mass is 16.3. The van der Waals surface area contributed by atoms with Gasteiger partial charge in [-0.25, -0.2) is 0 Å². The molecular weight excluding hydrogens is 174 g/mol. The SMILES string of the molecule is O[C@H]1CC=CC[C@@H]1Nc1ccccc1. The Morgan fingerprint density at radius 2 is 1.79 bits per heavy atom. The summed E-state index contributed by atoms with van der Waals surface area (Å²) in [6.07, 6.45) is 5.54. The second-order valence-corrected chi connectivity index (χ2v) is 3.63. The average molecular weight is 189 g/mol. The Morgan fingerprint density at radius 3 is 2.50 bits per heavy atom. The van der Waals surface area contributed by atoms with Gasteiger partial charge in [-0.2, -0.15) is 0 Å². The zero-order valence-corrected chi connectivity index (χ0v) is 8.06. The second-order valence-electron chi connectivity index (χ2n) is 3.63. The smallest absolute Gasteiger partial charge is 0.0778 e. The molecule has 0 spiro atoms.